The second-order valence-electron chi connectivity index (χ2n) is 6.30. The third-order valence-electron chi connectivity index (χ3n) is 4.00. The Kier molecular flexibility index (Phi) is 8.85. The summed E-state index contributed by atoms with van der Waals surface area (Å²) in [5.74, 6) is 1.78. The van der Waals surface area contributed by atoms with Crippen molar-refractivity contribution in [2.75, 3.05) is 13.7 Å². The van der Waals surface area contributed by atoms with Crippen molar-refractivity contribution in [3.63, 3.8) is 0 Å². The van der Waals surface area contributed by atoms with Crippen molar-refractivity contribution in [2.24, 2.45) is 5.10 Å². The van der Waals surface area contributed by atoms with Crippen LogP contribution in [-0.2, 0) is 4.79 Å². The number of methoxy groups -OCH3 is 1. The smallest absolute Gasteiger partial charge is 0.280 e. The zero-order chi connectivity index (χ0) is 20.2. The first-order valence-corrected chi connectivity index (χ1v) is 9.49. The molecule has 2 rings (SSSR count). The van der Waals surface area contributed by atoms with Gasteiger partial charge in [0.15, 0.2) is 6.10 Å². The molecule has 0 aliphatic rings. The fourth-order valence-electron chi connectivity index (χ4n) is 2.40. The molecule has 0 aromatic heterocycles. The van der Waals surface area contributed by atoms with Crippen molar-refractivity contribution in [1.82, 2.24) is 5.43 Å². The SMILES string of the molecule is CCCCCOc1ccc(OC(C)C(=O)N/N=C\c2cccc(OC)c2)cc1. The number of nitrogens with one attached hydrogen (secondary N) is 1. The molecule has 1 atom stereocenters. The quantitative estimate of drug-likeness (QED) is 0.358. The molecule has 1 amide bonds. The van der Waals surface area contributed by atoms with Crippen LogP contribution >= 0.6 is 0 Å². The third kappa shape index (κ3) is 7.31. The molecule has 150 valence electrons. The van der Waals surface area contributed by atoms with Gasteiger partial charge in [0.2, 0.25) is 0 Å². The van der Waals surface area contributed by atoms with E-state index >= 15 is 0 Å². The molecule has 0 radical (unpaired) electrons. The van der Waals surface area contributed by atoms with Gasteiger partial charge in [0.1, 0.15) is 17.2 Å². The van der Waals surface area contributed by atoms with Crippen LogP contribution in [0.15, 0.2) is 53.6 Å². The molecule has 0 aliphatic heterocycles. The predicted octanol–water partition coefficient (Wildman–Crippen LogP) is 4.18. The van der Waals surface area contributed by atoms with Crippen LogP contribution in [0, 0.1) is 0 Å². The number of hydrogen-bond donors (Lipinski definition) is 1. The summed E-state index contributed by atoms with van der Waals surface area (Å²) in [5, 5.41) is 3.96. The molecule has 6 nitrogen and oxygen atoms in total. The number of amides is 1. The zero-order valence-electron chi connectivity index (χ0n) is 16.7. The van der Waals surface area contributed by atoms with E-state index in [9.17, 15) is 4.79 Å². The monoisotopic (exact) mass is 384 g/mol. The van der Waals surface area contributed by atoms with Crippen LogP contribution < -0.4 is 19.6 Å². The maximum atomic E-state index is 12.1. The van der Waals surface area contributed by atoms with Gasteiger partial charge < -0.3 is 14.2 Å². The number of rotatable bonds is 11. The molecular formula is C22H28N2O4. The molecule has 0 saturated carbocycles. The van der Waals surface area contributed by atoms with E-state index < -0.39 is 6.10 Å². The minimum atomic E-state index is -0.682. The Morgan fingerprint density at radius 1 is 1.11 bits per heavy atom. The average Bonchev–Trinajstić information content (AvgIpc) is 2.72. The van der Waals surface area contributed by atoms with Crippen LogP contribution in [0.2, 0.25) is 0 Å². The van der Waals surface area contributed by atoms with Gasteiger partial charge in [-0.1, -0.05) is 31.9 Å². The van der Waals surface area contributed by atoms with E-state index in [2.05, 4.69) is 17.5 Å². The van der Waals surface area contributed by atoms with Crippen LogP contribution in [0.3, 0.4) is 0 Å². The first kappa shape index (κ1) is 21.3. The van der Waals surface area contributed by atoms with Gasteiger partial charge in [-0.15, -0.1) is 0 Å². The van der Waals surface area contributed by atoms with E-state index in [0.717, 1.165) is 29.9 Å². The van der Waals surface area contributed by atoms with Gasteiger partial charge >= 0.3 is 0 Å². The Morgan fingerprint density at radius 3 is 2.57 bits per heavy atom. The van der Waals surface area contributed by atoms with E-state index in [4.69, 9.17) is 14.2 Å². The summed E-state index contributed by atoms with van der Waals surface area (Å²) < 4.78 is 16.5. The lowest BCUT2D eigenvalue weighted by Gasteiger charge is -2.13. The van der Waals surface area contributed by atoms with Gasteiger partial charge in [0.05, 0.1) is 19.9 Å². The number of carbonyl (C=O) groups is 1. The maximum Gasteiger partial charge on any atom is 0.280 e. The lowest BCUT2D eigenvalue weighted by atomic mass is 10.2. The highest BCUT2D eigenvalue weighted by Gasteiger charge is 2.13. The van der Waals surface area contributed by atoms with Crippen LogP contribution in [0.25, 0.3) is 0 Å². The molecule has 1 unspecified atom stereocenters. The highest BCUT2D eigenvalue weighted by Crippen LogP contribution is 2.19. The lowest BCUT2D eigenvalue weighted by Crippen LogP contribution is -2.33. The molecule has 1 N–H and O–H groups in total. The summed E-state index contributed by atoms with van der Waals surface area (Å²) in [7, 11) is 1.60. The number of unbranched alkanes of at least 4 members (excludes halogenated alkanes) is 2. The average molecular weight is 384 g/mol. The number of carbonyl (C=O) groups excluding carboxylic acids is 1. The Bertz CT molecular complexity index is 759. The van der Waals surface area contributed by atoms with E-state index in [0.29, 0.717) is 12.4 Å². The minimum absolute atomic E-state index is 0.334. The number of hydrazone groups is 1. The Morgan fingerprint density at radius 2 is 1.86 bits per heavy atom. The topological polar surface area (TPSA) is 69.2 Å². The fourth-order valence-corrected chi connectivity index (χ4v) is 2.40. The zero-order valence-corrected chi connectivity index (χ0v) is 16.7. The normalized spacial score (nSPS) is 11.8. The van der Waals surface area contributed by atoms with Crippen molar-refractivity contribution in [3.05, 3.63) is 54.1 Å². The summed E-state index contributed by atoms with van der Waals surface area (Å²) in [6.07, 6.45) is 4.24. The molecule has 2 aromatic carbocycles. The standard InChI is InChI=1S/C22H28N2O4/c1-4-5-6-14-27-19-10-12-20(13-11-19)28-17(2)22(25)24-23-16-18-8-7-9-21(15-18)26-3/h7-13,15-17H,4-6,14H2,1-3H3,(H,24,25)/b23-16-. The Labute approximate surface area is 166 Å². The first-order chi connectivity index (χ1) is 13.6. The van der Waals surface area contributed by atoms with Gasteiger partial charge in [0, 0.05) is 0 Å². The van der Waals surface area contributed by atoms with Crippen LogP contribution in [-0.4, -0.2) is 31.9 Å². The van der Waals surface area contributed by atoms with Crippen molar-refractivity contribution >= 4 is 12.1 Å². The van der Waals surface area contributed by atoms with E-state index in [1.54, 1.807) is 32.4 Å². The second-order valence-corrected chi connectivity index (χ2v) is 6.30. The Hall–Kier alpha value is -3.02. The largest absolute Gasteiger partial charge is 0.497 e. The fraction of sp³-hybridized carbons (Fsp3) is 0.364. The molecule has 0 spiro atoms. The van der Waals surface area contributed by atoms with Crippen molar-refractivity contribution in [1.29, 1.82) is 0 Å². The van der Waals surface area contributed by atoms with Crippen LogP contribution in [0.1, 0.15) is 38.7 Å². The molecular weight excluding hydrogens is 356 g/mol. The Balaban J connectivity index is 1.78. The summed E-state index contributed by atoms with van der Waals surface area (Å²) in [4.78, 5) is 12.1. The highest BCUT2D eigenvalue weighted by molar-refractivity contribution is 5.84. The second kappa shape index (κ2) is 11.6. The van der Waals surface area contributed by atoms with E-state index in [1.165, 1.54) is 6.42 Å². The molecule has 0 bridgehead atoms. The van der Waals surface area contributed by atoms with Crippen molar-refractivity contribution < 1.29 is 19.0 Å². The number of nitrogens with zero attached hydrogens (tertiary/aromatic N) is 1. The van der Waals surface area contributed by atoms with Gasteiger partial charge in [-0.25, -0.2) is 5.43 Å². The lowest BCUT2D eigenvalue weighted by molar-refractivity contribution is -0.127. The molecule has 0 fully saturated rings. The molecule has 0 heterocycles. The summed E-state index contributed by atoms with van der Waals surface area (Å²) in [6, 6.07) is 14.6. The number of hydrogen-bond acceptors (Lipinski definition) is 5. The molecule has 2 aromatic rings. The van der Waals surface area contributed by atoms with Crippen LogP contribution in [0.4, 0.5) is 0 Å². The molecule has 6 heteroatoms. The highest BCUT2D eigenvalue weighted by atomic mass is 16.5. The maximum absolute atomic E-state index is 12.1. The van der Waals surface area contributed by atoms with Crippen LogP contribution in [0.5, 0.6) is 17.2 Å². The van der Waals surface area contributed by atoms with Gasteiger partial charge in [-0.3, -0.25) is 4.79 Å². The summed E-state index contributed by atoms with van der Waals surface area (Å²) in [6.45, 7) is 4.54. The van der Waals surface area contributed by atoms with Gasteiger partial charge in [0.25, 0.3) is 5.91 Å². The van der Waals surface area contributed by atoms with Crippen molar-refractivity contribution in [3.8, 4) is 17.2 Å². The summed E-state index contributed by atoms with van der Waals surface area (Å²) >= 11 is 0. The van der Waals surface area contributed by atoms with E-state index in [1.807, 2.05) is 36.4 Å². The third-order valence-corrected chi connectivity index (χ3v) is 4.00. The number of benzene rings is 2. The molecule has 0 saturated heterocycles. The van der Waals surface area contributed by atoms with Gasteiger partial charge in [-0.2, -0.15) is 5.10 Å². The predicted molar refractivity (Wildman–Crippen MR) is 110 cm³/mol. The molecule has 0 aliphatic carbocycles. The molecule has 28 heavy (non-hydrogen) atoms. The first-order valence-electron chi connectivity index (χ1n) is 9.49. The van der Waals surface area contributed by atoms with Gasteiger partial charge in [-0.05, 0) is 55.3 Å². The van der Waals surface area contributed by atoms with E-state index in [-0.39, 0.29) is 5.91 Å². The number of ether oxygens (including phenoxy) is 3. The minimum Gasteiger partial charge on any atom is -0.497 e. The van der Waals surface area contributed by atoms with Crippen molar-refractivity contribution in [2.45, 2.75) is 39.2 Å². The summed E-state index contributed by atoms with van der Waals surface area (Å²) in [5.41, 5.74) is 3.30.